The highest BCUT2D eigenvalue weighted by Crippen LogP contribution is 2.35. The molecule has 0 aliphatic carbocycles. The van der Waals surface area contributed by atoms with Crippen LogP contribution in [0.5, 0.6) is 0 Å². The zero-order valence-electron chi connectivity index (χ0n) is 6.61. The predicted molar refractivity (Wildman–Crippen MR) is 62.3 cm³/mol. The topological polar surface area (TPSA) is 3.24 Å². The number of halogens is 1. The Bertz CT molecular complexity index is 246. The summed E-state index contributed by atoms with van der Waals surface area (Å²) < 4.78 is 2.26. The number of nitrogens with zero attached hydrogens (tertiary/aromatic N) is 1. The maximum absolute atomic E-state index is 2.35. The molecule has 1 fully saturated rings. The van der Waals surface area contributed by atoms with Crippen LogP contribution in [-0.2, 0) is 6.42 Å². The van der Waals surface area contributed by atoms with Crippen LogP contribution in [0.25, 0.3) is 0 Å². The first-order valence-electron chi connectivity index (χ1n) is 3.98. The third kappa shape index (κ3) is 2.14. The molecule has 1 aromatic rings. The van der Waals surface area contributed by atoms with Crippen LogP contribution < -0.4 is 0 Å². The fourth-order valence-electron chi connectivity index (χ4n) is 1.29. The number of hydrogen-bond donors (Lipinski definition) is 0. The summed E-state index contributed by atoms with van der Waals surface area (Å²) in [5.74, 6) is 0. The van der Waals surface area contributed by atoms with Crippen LogP contribution in [0, 0.1) is 0 Å². The van der Waals surface area contributed by atoms with Crippen molar-refractivity contribution in [1.29, 1.82) is 0 Å². The average molecular weight is 291 g/mol. The quantitative estimate of drug-likeness (QED) is 0.468. The van der Waals surface area contributed by atoms with Crippen LogP contribution in [-0.4, -0.2) is 14.3 Å². The number of rotatable bonds is 2. The summed E-state index contributed by atoms with van der Waals surface area (Å²) in [6.07, 6.45) is 1.21. The molecule has 0 spiro atoms. The Morgan fingerprint density at radius 1 is 1.42 bits per heavy atom. The Labute approximate surface area is 91.2 Å². The minimum Gasteiger partial charge on any atom is -0.190 e. The minimum atomic E-state index is 0.810. The van der Waals surface area contributed by atoms with E-state index in [1.165, 1.54) is 18.5 Å². The molecule has 1 aliphatic heterocycles. The first-order chi connectivity index (χ1) is 5.84. The molecule has 2 rings (SSSR count). The molecule has 1 atom stereocenters. The van der Waals surface area contributed by atoms with Gasteiger partial charge in [0.15, 0.2) is 0 Å². The van der Waals surface area contributed by atoms with Crippen molar-refractivity contribution in [1.82, 2.24) is 2.52 Å². The van der Waals surface area contributed by atoms with Crippen LogP contribution >= 0.6 is 34.8 Å². The summed E-state index contributed by atoms with van der Waals surface area (Å²) in [6.45, 7) is 1.22. The SMILES string of the molecule is IN1CC(Cc2ccccc2)S1. The monoisotopic (exact) mass is 291 g/mol. The second-order valence-electron chi connectivity index (χ2n) is 2.92. The summed E-state index contributed by atoms with van der Waals surface area (Å²) in [5, 5.41) is 0.810. The minimum absolute atomic E-state index is 0.810. The second-order valence-corrected chi connectivity index (χ2v) is 6.06. The van der Waals surface area contributed by atoms with Crippen molar-refractivity contribution in [3.05, 3.63) is 35.9 Å². The van der Waals surface area contributed by atoms with E-state index in [1.807, 2.05) is 11.9 Å². The highest BCUT2D eigenvalue weighted by molar-refractivity contribution is 14.1. The molecule has 0 aromatic heterocycles. The lowest BCUT2D eigenvalue weighted by atomic mass is 10.1. The van der Waals surface area contributed by atoms with Crippen LogP contribution in [0.1, 0.15) is 5.56 Å². The molecule has 0 saturated carbocycles. The van der Waals surface area contributed by atoms with Crippen molar-refractivity contribution in [3.8, 4) is 0 Å². The van der Waals surface area contributed by atoms with Crippen molar-refractivity contribution >= 4 is 34.8 Å². The van der Waals surface area contributed by atoms with E-state index in [1.54, 1.807) is 0 Å². The molecule has 0 N–H and O–H groups in total. The standard InChI is InChI=1S/C9H10INS/c10-11-7-9(12-11)6-8-4-2-1-3-5-8/h1-5,9H,6-7H2. The maximum Gasteiger partial charge on any atom is 0.0387 e. The van der Waals surface area contributed by atoms with Gasteiger partial charge >= 0.3 is 0 Å². The van der Waals surface area contributed by atoms with E-state index >= 15 is 0 Å². The number of benzene rings is 1. The van der Waals surface area contributed by atoms with Crippen LogP contribution in [0.15, 0.2) is 30.3 Å². The average Bonchev–Trinajstić information content (AvgIpc) is 2.04. The van der Waals surface area contributed by atoms with Gasteiger partial charge in [0.2, 0.25) is 0 Å². The third-order valence-corrected chi connectivity index (χ3v) is 3.98. The van der Waals surface area contributed by atoms with E-state index < -0.39 is 0 Å². The zero-order valence-corrected chi connectivity index (χ0v) is 9.59. The predicted octanol–water partition coefficient (Wildman–Crippen LogP) is 2.91. The highest BCUT2D eigenvalue weighted by atomic mass is 127. The fraction of sp³-hybridized carbons (Fsp3) is 0.333. The molecule has 0 bridgehead atoms. The molecule has 1 unspecified atom stereocenters. The molecule has 1 heterocycles. The lowest BCUT2D eigenvalue weighted by Crippen LogP contribution is -2.32. The first-order valence-corrected chi connectivity index (χ1v) is 5.79. The summed E-state index contributed by atoms with van der Waals surface area (Å²) >= 11 is 4.29. The summed E-state index contributed by atoms with van der Waals surface area (Å²) in [6, 6.07) is 10.7. The van der Waals surface area contributed by atoms with Gasteiger partial charge in [-0.25, -0.2) is 0 Å². The number of hydrogen-bond acceptors (Lipinski definition) is 2. The van der Waals surface area contributed by atoms with Gasteiger partial charge in [0, 0.05) is 34.7 Å². The van der Waals surface area contributed by atoms with Crippen molar-refractivity contribution in [3.63, 3.8) is 0 Å². The van der Waals surface area contributed by atoms with E-state index in [0.717, 1.165) is 5.25 Å². The Morgan fingerprint density at radius 3 is 2.67 bits per heavy atom. The van der Waals surface area contributed by atoms with Gasteiger partial charge in [-0.15, -0.1) is 0 Å². The molecule has 1 aliphatic rings. The third-order valence-electron chi connectivity index (χ3n) is 1.92. The molecule has 1 nitrogen and oxygen atoms in total. The van der Waals surface area contributed by atoms with Crippen LogP contribution in [0.2, 0.25) is 0 Å². The summed E-state index contributed by atoms with van der Waals surface area (Å²) in [5.41, 5.74) is 1.46. The van der Waals surface area contributed by atoms with Gasteiger partial charge in [0.05, 0.1) is 0 Å². The van der Waals surface area contributed by atoms with E-state index in [4.69, 9.17) is 0 Å². The summed E-state index contributed by atoms with van der Waals surface area (Å²) in [4.78, 5) is 0. The largest absolute Gasteiger partial charge is 0.190 e. The van der Waals surface area contributed by atoms with Crippen molar-refractivity contribution in [2.45, 2.75) is 11.7 Å². The maximum atomic E-state index is 2.35. The molecule has 12 heavy (non-hydrogen) atoms. The van der Waals surface area contributed by atoms with Crippen molar-refractivity contribution < 1.29 is 0 Å². The zero-order chi connectivity index (χ0) is 8.39. The van der Waals surface area contributed by atoms with Crippen LogP contribution in [0.3, 0.4) is 0 Å². The van der Waals surface area contributed by atoms with Gasteiger partial charge < -0.3 is 0 Å². The second kappa shape index (κ2) is 3.98. The summed E-state index contributed by atoms with van der Waals surface area (Å²) in [7, 11) is 0. The Morgan fingerprint density at radius 2 is 2.08 bits per heavy atom. The lowest BCUT2D eigenvalue weighted by Gasteiger charge is -2.32. The van der Waals surface area contributed by atoms with Gasteiger partial charge in [-0.1, -0.05) is 42.3 Å². The van der Waals surface area contributed by atoms with Gasteiger partial charge in [-0.3, -0.25) is 0 Å². The highest BCUT2D eigenvalue weighted by Gasteiger charge is 2.25. The first kappa shape index (κ1) is 8.84. The smallest absolute Gasteiger partial charge is 0.0387 e. The lowest BCUT2D eigenvalue weighted by molar-refractivity contribution is 0.645. The van der Waals surface area contributed by atoms with Gasteiger partial charge in [-0.2, -0.15) is 2.52 Å². The molecule has 64 valence electrons. The van der Waals surface area contributed by atoms with E-state index in [9.17, 15) is 0 Å². The Kier molecular flexibility index (Phi) is 2.93. The fourth-order valence-corrected chi connectivity index (χ4v) is 3.81. The van der Waals surface area contributed by atoms with E-state index in [2.05, 4.69) is 55.7 Å². The molecular formula is C9H10INS. The van der Waals surface area contributed by atoms with Crippen molar-refractivity contribution in [2.75, 3.05) is 6.54 Å². The molecule has 1 aromatic carbocycles. The van der Waals surface area contributed by atoms with Crippen LogP contribution in [0.4, 0.5) is 0 Å². The van der Waals surface area contributed by atoms with Gasteiger partial charge in [0.25, 0.3) is 0 Å². The van der Waals surface area contributed by atoms with Gasteiger partial charge in [0.1, 0.15) is 0 Å². The molecule has 0 radical (unpaired) electrons. The normalized spacial score (nSPS) is 23.6. The van der Waals surface area contributed by atoms with Crippen molar-refractivity contribution in [2.24, 2.45) is 0 Å². The Hall–Kier alpha value is 0.260. The molecule has 1 saturated heterocycles. The molecular weight excluding hydrogens is 281 g/mol. The molecule has 0 amide bonds. The Balaban J connectivity index is 1.88. The van der Waals surface area contributed by atoms with Gasteiger partial charge in [-0.05, 0) is 12.0 Å². The van der Waals surface area contributed by atoms with E-state index in [0.29, 0.717) is 0 Å². The van der Waals surface area contributed by atoms with E-state index in [-0.39, 0.29) is 0 Å². The molecule has 3 heteroatoms.